The molecule has 0 fully saturated rings. The van der Waals surface area contributed by atoms with Crippen LogP contribution in [0.25, 0.3) is 0 Å². The second-order valence-corrected chi connectivity index (χ2v) is 4.37. The maximum Gasteiger partial charge on any atom is 0.239 e. The van der Waals surface area contributed by atoms with Crippen molar-refractivity contribution < 1.29 is 19.0 Å². The molecule has 1 aromatic carbocycles. The third-order valence-electron chi connectivity index (χ3n) is 2.49. The lowest BCUT2D eigenvalue weighted by Crippen LogP contribution is -2.44. The predicted octanol–water partition coefficient (Wildman–Crippen LogP) is 1.02. The summed E-state index contributed by atoms with van der Waals surface area (Å²) in [6, 6.07) is 3.24. The summed E-state index contributed by atoms with van der Waals surface area (Å²) in [6.07, 6.45) is -1.24. The van der Waals surface area contributed by atoms with E-state index in [2.05, 4.69) is 5.32 Å². The first-order valence-electron chi connectivity index (χ1n) is 5.61. The standard InChI is InChI=1S/C12H16ClFN2O3.ClH/c1-19-6-9(15)12(18)16-5-10(17)11-7(13)3-2-4-8(11)14;/h2-4,9-10,17H,5-6,15H2,1H3,(H,16,18);1H. The van der Waals surface area contributed by atoms with E-state index in [4.69, 9.17) is 22.1 Å². The summed E-state index contributed by atoms with van der Waals surface area (Å²) in [5, 5.41) is 12.3. The minimum absolute atomic E-state index is 0. The van der Waals surface area contributed by atoms with Crippen molar-refractivity contribution >= 4 is 29.9 Å². The molecule has 1 amide bonds. The van der Waals surface area contributed by atoms with E-state index in [1.807, 2.05) is 0 Å². The molecule has 0 spiro atoms. The normalized spacial score (nSPS) is 13.2. The van der Waals surface area contributed by atoms with E-state index >= 15 is 0 Å². The monoisotopic (exact) mass is 326 g/mol. The molecule has 20 heavy (non-hydrogen) atoms. The number of halogens is 3. The molecule has 4 N–H and O–H groups in total. The third kappa shape index (κ3) is 5.22. The zero-order chi connectivity index (χ0) is 14.4. The Balaban J connectivity index is 0.00000361. The maximum atomic E-state index is 13.5. The van der Waals surface area contributed by atoms with Crippen molar-refractivity contribution in [1.82, 2.24) is 5.32 Å². The summed E-state index contributed by atoms with van der Waals surface area (Å²) < 4.78 is 18.2. The van der Waals surface area contributed by atoms with Gasteiger partial charge in [-0.2, -0.15) is 0 Å². The summed E-state index contributed by atoms with van der Waals surface area (Å²) in [5.74, 6) is -1.12. The minimum atomic E-state index is -1.24. The van der Waals surface area contributed by atoms with Gasteiger partial charge in [0.1, 0.15) is 18.0 Å². The van der Waals surface area contributed by atoms with Gasteiger partial charge in [-0.05, 0) is 12.1 Å². The Bertz CT molecular complexity index is 428. The zero-order valence-corrected chi connectivity index (χ0v) is 12.4. The van der Waals surface area contributed by atoms with Gasteiger partial charge < -0.3 is 20.9 Å². The molecule has 2 unspecified atom stereocenters. The number of rotatable bonds is 6. The van der Waals surface area contributed by atoms with Crippen molar-refractivity contribution in [2.75, 3.05) is 20.3 Å². The zero-order valence-electron chi connectivity index (χ0n) is 10.8. The quantitative estimate of drug-likeness (QED) is 0.728. The highest BCUT2D eigenvalue weighted by Crippen LogP contribution is 2.25. The van der Waals surface area contributed by atoms with Crippen molar-refractivity contribution in [1.29, 1.82) is 0 Å². The molecule has 0 aromatic heterocycles. The van der Waals surface area contributed by atoms with Crippen LogP contribution in [0.1, 0.15) is 11.7 Å². The Morgan fingerprint density at radius 1 is 1.60 bits per heavy atom. The number of methoxy groups -OCH3 is 1. The van der Waals surface area contributed by atoms with Crippen LogP contribution in [0, 0.1) is 5.82 Å². The number of amides is 1. The molecule has 0 bridgehead atoms. The molecular weight excluding hydrogens is 310 g/mol. The SMILES string of the molecule is COCC(N)C(=O)NCC(O)c1c(F)cccc1Cl.Cl. The number of nitrogens with one attached hydrogen (secondary N) is 1. The van der Waals surface area contributed by atoms with Crippen LogP contribution in [0.3, 0.4) is 0 Å². The smallest absolute Gasteiger partial charge is 0.239 e. The van der Waals surface area contributed by atoms with Crippen LogP contribution >= 0.6 is 24.0 Å². The van der Waals surface area contributed by atoms with Crippen LogP contribution < -0.4 is 11.1 Å². The molecule has 8 heteroatoms. The number of hydrogen-bond acceptors (Lipinski definition) is 4. The third-order valence-corrected chi connectivity index (χ3v) is 2.82. The number of aliphatic hydroxyl groups excluding tert-OH is 1. The second-order valence-electron chi connectivity index (χ2n) is 3.96. The van der Waals surface area contributed by atoms with E-state index in [-0.39, 0.29) is 36.1 Å². The highest BCUT2D eigenvalue weighted by atomic mass is 35.5. The fourth-order valence-corrected chi connectivity index (χ4v) is 1.80. The first-order chi connectivity index (χ1) is 8.97. The molecular formula is C12H17Cl2FN2O3. The Kier molecular flexibility index (Phi) is 8.68. The highest BCUT2D eigenvalue weighted by molar-refractivity contribution is 6.31. The van der Waals surface area contributed by atoms with Gasteiger partial charge in [0, 0.05) is 24.2 Å². The van der Waals surface area contributed by atoms with Crippen molar-refractivity contribution in [3.05, 3.63) is 34.6 Å². The van der Waals surface area contributed by atoms with E-state index in [1.165, 1.54) is 25.3 Å². The molecule has 0 saturated heterocycles. The maximum absolute atomic E-state index is 13.5. The molecule has 5 nitrogen and oxygen atoms in total. The molecule has 1 aromatic rings. The molecule has 114 valence electrons. The second kappa shape index (κ2) is 9.10. The molecule has 0 saturated carbocycles. The van der Waals surface area contributed by atoms with Crippen LogP contribution in [0.2, 0.25) is 5.02 Å². The molecule has 0 aliphatic rings. The van der Waals surface area contributed by atoms with E-state index in [1.54, 1.807) is 0 Å². The lowest BCUT2D eigenvalue weighted by molar-refractivity contribution is -0.123. The highest BCUT2D eigenvalue weighted by Gasteiger charge is 2.19. The number of carbonyl (C=O) groups excluding carboxylic acids is 1. The largest absolute Gasteiger partial charge is 0.386 e. The molecule has 0 radical (unpaired) electrons. The van der Waals surface area contributed by atoms with Crippen molar-refractivity contribution in [2.24, 2.45) is 5.73 Å². The van der Waals surface area contributed by atoms with Gasteiger partial charge >= 0.3 is 0 Å². The Hall–Kier alpha value is -0.920. The average molecular weight is 327 g/mol. The van der Waals surface area contributed by atoms with E-state index < -0.39 is 23.9 Å². The summed E-state index contributed by atoms with van der Waals surface area (Å²) in [4.78, 5) is 11.5. The van der Waals surface area contributed by atoms with Crippen molar-refractivity contribution in [2.45, 2.75) is 12.1 Å². The van der Waals surface area contributed by atoms with Gasteiger partial charge in [0.2, 0.25) is 5.91 Å². The number of benzene rings is 1. The average Bonchev–Trinajstić information content (AvgIpc) is 2.36. The van der Waals surface area contributed by atoms with Gasteiger partial charge in [-0.15, -0.1) is 12.4 Å². The van der Waals surface area contributed by atoms with Gasteiger partial charge in [-0.25, -0.2) is 4.39 Å². The van der Waals surface area contributed by atoms with Crippen LogP contribution in [-0.4, -0.2) is 37.3 Å². The fraction of sp³-hybridized carbons (Fsp3) is 0.417. The van der Waals surface area contributed by atoms with Gasteiger partial charge in [-0.3, -0.25) is 4.79 Å². The van der Waals surface area contributed by atoms with Crippen LogP contribution in [0.4, 0.5) is 4.39 Å². The summed E-state index contributed by atoms with van der Waals surface area (Å²) in [7, 11) is 1.42. The number of aliphatic hydroxyl groups is 1. The van der Waals surface area contributed by atoms with E-state index in [0.29, 0.717) is 0 Å². The van der Waals surface area contributed by atoms with Gasteiger partial charge in [0.15, 0.2) is 0 Å². The fourth-order valence-electron chi connectivity index (χ4n) is 1.51. The first-order valence-corrected chi connectivity index (χ1v) is 5.99. The summed E-state index contributed by atoms with van der Waals surface area (Å²) >= 11 is 5.79. The summed E-state index contributed by atoms with van der Waals surface area (Å²) in [5.41, 5.74) is 5.44. The van der Waals surface area contributed by atoms with Crippen LogP contribution in [0.15, 0.2) is 18.2 Å². The Morgan fingerprint density at radius 2 is 2.25 bits per heavy atom. The number of hydrogen-bond donors (Lipinski definition) is 3. The number of nitrogens with two attached hydrogens (primary N) is 1. The summed E-state index contributed by atoms with van der Waals surface area (Å²) in [6.45, 7) is -0.126. The minimum Gasteiger partial charge on any atom is -0.386 e. The molecule has 0 aliphatic heterocycles. The Labute approximate surface area is 127 Å². The van der Waals surface area contributed by atoms with Gasteiger partial charge in [0.05, 0.1) is 6.61 Å². The van der Waals surface area contributed by atoms with E-state index in [9.17, 15) is 14.3 Å². The number of ether oxygens (including phenoxy) is 1. The van der Waals surface area contributed by atoms with Crippen molar-refractivity contribution in [3.63, 3.8) is 0 Å². The topological polar surface area (TPSA) is 84.6 Å². The Morgan fingerprint density at radius 3 is 2.80 bits per heavy atom. The van der Waals surface area contributed by atoms with Crippen molar-refractivity contribution in [3.8, 4) is 0 Å². The number of carbonyl (C=O) groups is 1. The molecule has 0 aliphatic carbocycles. The lowest BCUT2D eigenvalue weighted by Gasteiger charge is -2.16. The predicted molar refractivity (Wildman–Crippen MR) is 76.5 cm³/mol. The van der Waals surface area contributed by atoms with Crippen LogP contribution in [-0.2, 0) is 9.53 Å². The molecule has 0 heterocycles. The van der Waals surface area contributed by atoms with E-state index in [0.717, 1.165) is 0 Å². The van der Waals surface area contributed by atoms with Gasteiger partial charge in [0.25, 0.3) is 0 Å². The molecule has 2 atom stereocenters. The lowest BCUT2D eigenvalue weighted by atomic mass is 10.1. The van der Waals surface area contributed by atoms with Gasteiger partial charge in [-0.1, -0.05) is 17.7 Å². The first kappa shape index (κ1) is 19.1. The van der Waals surface area contributed by atoms with Crippen LogP contribution in [0.5, 0.6) is 0 Å². The molecule has 1 rings (SSSR count).